The average Bonchev–Trinajstić information content (AvgIpc) is 3.25. The molecular formula is C16H16F2N4OS. The lowest BCUT2D eigenvalue weighted by molar-refractivity contribution is 0.0468. The van der Waals surface area contributed by atoms with E-state index >= 15 is 0 Å². The first-order chi connectivity index (χ1) is 11.7. The molecule has 2 unspecified atom stereocenters. The Hall–Kier alpha value is -1.87. The van der Waals surface area contributed by atoms with Crippen LogP contribution in [0.2, 0.25) is 0 Å². The molecule has 3 N–H and O–H groups in total. The number of nitrogens with one attached hydrogen (secondary N) is 3. The van der Waals surface area contributed by atoms with E-state index in [1.54, 1.807) is 17.4 Å². The van der Waals surface area contributed by atoms with E-state index in [1.807, 2.05) is 5.38 Å². The van der Waals surface area contributed by atoms with Crippen molar-refractivity contribution in [2.75, 3.05) is 13.1 Å². The van der Waals surface area contributed by atoms with Crippen LogP contribution in [0.1, 0.15) is 34.7 Å². The fourth-order valence-electron chi connectivity index (χ4n) is 2.85. The minimum Gasteiger partial charge on any atom is -0.264 e. The molecule has 1 fully saturated rings. The molecule has 4 rings (SSSR count). The summed E-state index contributed by atoms with van der Waals surface area (Å²) < 4.78 is 27.8. The molecule has 0 bridgehead atoms. The van der Waals surface area contributed by atoms with Gasteiger partial charge in [0.05, 0.1) is 22.0 Å². The Labute approximate surface area is 141 Å². The standard InChI is InChI=1S/C16H16F2N4OS/c17-10-2-1-3-11(18)15(10)14-6-12(22-23-14)13-8-24-16(21-13)9-4-5-19-20-7-9/h1-3,6,8-9,14,19-20,22H,4-5,7H2. The van der Waals surface area contributed by atoms with Crippen LogP contribution in [0.25, 0.3) is 5.70 Å². The van der Waals surface area contributed by atoms with Crippen LogP contribution in [0.4, 0.5) is 8.78 Å². The highest BCUT2D eigenvalue weighted by atomic mass is 32.1. The summed E-state index contributed by atoms with van der Waals surface area (Å²) in [4.78, 5) is 9.98. The third-order valence-corrected chi connectivity index (χ3v) is 5.14. The van der Waals surface area contributed by atoms with Crippen molar-refractivity contribution in [1.29, 1.82) is 0 Å². The van der Waals surface area contributed by atoms with Crippen LogP contribution < -0.4 is 16.3 Å². The molecule has 0 spiro atoms. The maximum Gasteiger partial charge on any atom is 0.137 e. The second-order valence-corrected chi connectivity index (χ2v) is 6.61. The van der Waals surface area contributed by atoms with Gasteiger partial charge in [0.15, 0.2) is 0 Å². The summed E-state index contributed by atoms with van der Waals surface area (Å²) in [5.74, 6) is -0.883. The zero-order valence-corrected chi connectivity index (χ0v) is 13.5. The maximum absolute atomic E-state index is 13.9. The van der Waals surface area contributed by atoms with Crippen LogP contribution in [0.5, 0.6) is 0 Å². The highest BCUT2D eigenvalue weighted by Gasteiger charge is 2.27. The molecule has 3 heterocycles. The molecule has 1 aromatic carbocycles. The maximum atomic E-state index is 13.9. The molecule has 0 aliphatic carbocycles. The predicted molar refractivity (Wildman–Crippen MR) is 86.8 cm³/mol. The minimum atomic E-state index is -0.813. The van der Waals surface area contributed by atoms with Crippen LogP contribution >= 0.6 is 11.3 Å². The number of aromatic nitrogens is 1. The van der Waals surface area contributed by atoms with Gasteiger partial charge in [-0.05, 0) is 24.6 Å². The Kier molecular flexibility index (Phi) is 4.28. The van der Waals surface area contributed by atoms with Crippen LogP contribution in [-0.2, 0) is 4.84 Å². The first-order valence-electron chi connectivity index (χ1n) is 7.71. The Bertz CT molecular complexity index is 753. The SMILES string of the molecule is Fc1cccc(F)c1C1C=C(c2csc(C3CCNNC3)n2)NO1. The number of hydroxylamine groups is 1. The van der Waals surface area contributed by atoms with Crippen molar-refractivity contribution < 1.29 is 13.6 Å². The van der Waals surface area contributed by atoms with Gasteiger partial charge in [-0.25, -0.2) is 13.8 Å². The monoisotopic (exact) mass is 350 g/mol. The topological polar surface area (TPSA) is 58.2 Å². The van der Waals surface area contributed by atoms with E-state index in [0.717, 1.165) is 30.2 Å². The largest absolute Gasteiger partial charge is 0.264 e. The Balaban J connectivity index is 1.56. The van der Waals surface area contributed by atoms with Gasteiger partial charge in [0.1, 0.15) is 17.7 Å². The van der Waals surface area contributed by atoms with E-state index in [-0.39, 0.29) is 5.56 Å². The molecule has 24 heavy (non-hydrogen) atoms. The third kappa shape index (κ3) is 2.93. The fraction of sp³-hybridized carbons (Fsp3) is 0.312. The summed E-state index contributed by atoms with van der Waals surface area (Å²) in [7, 11) is 0. The first-order valence-corrected chi connectivity index (χ1v) is 8.59. The Morgan fingerprint density at radius 2 is 2.04 bits per heavy atom. The van der Waals surface area contributed by atoms with Crippen molar-refractivity contribution in [3.8, 4) is 0 Å². The number of hydrazine groups is 1. The third-order valence-electron chi connectivity index (χ3n) is 4.14. The number of hydrogen-bond donors (Lipinski definition) is 3. The molecule has 1 saturated heterocycles. The molecule has 2 aliphatic heterocycles. The van der Waals surface area contributed by atoms with Crippen LogP contribution in [0, 0.1) is 11.6 Å². The van der Waals surface area contributed by atoms with Gasteiger partial charge in [0, 0.05) is 24.4 Å². The normalized spacial score (nSPS) is 23.8. The van der Waals surface area contributed by atoms with Crippen LogP contribution in [0.3, 0.4) is 0 Å². The van der Waals surface area contributed by atoms with Gasteiger partial charge < -0.3 is 0 Å². The minimum absolute atomic E-state index is 0.0991. The smallest absolute Gasteiger partial charge is 0.137 e. The molecule has 2 aliphatic rings. The second-order valence-electron chi connectivity index (χ2n) is 5.72. The van der Waals surface area contributed by atoms with Gasteiger partial charge in [-0.2, -0.15) is 0 Å². The quantitative estimate of drug-likeness (QED) is 0.794. The van der Waals surface area contributed by atoms with Crippen molar-refractivity contribution in [1.82, 2.24) is 21.3 Å². The molecule has 2 atom stereocenters. The highest BCUT2D eigenvalue weighted by molar-refractivity contribution is 7.09. The average molecular weight is 350 g/mol. The van der Waals surface area contributed by atoms with Crippen molar-refractivity contribution in [3.63, 3.8) is 0 Å². The van der Waals surface area contributed by atoms with Crippen LogP contribution in [0.15, 0.2) is 29.7 Å². The van der Waals surface area contributed by atoms with Crippen molar-refractivity contribution in [3.05, 3.63) is 57.6 Å². The molecule has 8 heteroatoms. The van der Waals surface area contributed by atoms with Crippen molar-refractivity contribution in [2.24, 2.45) is 0 Å². The van der Waals surface area contributed by atoms with Gasteiger partial charge in [-0.3, -0.25) is 21.2 Å². The van der Waals surface area contributed by atoms with Crippen molar-refractivity contribution >= 4 is 17.0 Å². The molecule has 126 valence electrons. The van der Waals surface area contributed by atoms with E-state index in [1.165, 1.54) is 18.2 Å². The summed E-state index contributed by atoms with van der Waals surface area (Å²) in [5, 5.41) is 2.97. The number of rotatable bonds is 3. The van der Waals surface area contributed by atoms with Gasteiger partial charge in [-0.1, -0.05) is 6.07 Å². The fourth-order valence-corrected chi connectivity index (χ4v) is 3.81. The zero-order valence-electron chi connectivity index (χ0n) is 12.7. The number of nitrogens with zero attached hydrogens (tertiary/aromatic N) is 1. The summed E-state index contributed by atoms with van der Waals surface area (Å²) in [5.41, 5.74) is 10.2. The first kappa shape index (κ1) is 15.6. The van der Waals surface area contributed by atoms with Crippen LogP contribution in [-0.4, -0.2) is 18.1 Å². The van der Waals surface area contributed by atoms with E-state index in [0.29, 0.717) is 11.6 Å². The molecule has 0 radical (unpaired) electrons. The van der Waals surface area contributed by atoms with E-state index in [2.05, 4.69) is 21.3 Å². The lowest BCUT2D eigenvalue weighted by atomic mass is 10.1. The lowest BCUT2D eigenvalue weighted by Crippen LogP contribution is -2.41. The molecule has 5 nitrogen and oxygen atoms in total. The lowest BCUT2D eigenvalue weighted by Gasteiger charge is -2.21. The Morgan fingerprint density at radius 1 is 1.21 bits per heavy atom. The number of hydrogen-bond acceptors (Lipinski definition) is 6. The van der Waals surface area contributed by atoms with E-state index in [4.69, 9.17) is 4.84 Å². The molecule has 0 amide bonds. The van der Waals surface area contributed by atoms with Gasteiger partial charge >= 0.3 is 0 Å². The molecule has 0 saturated carbocycles. The number of halogens is 2. The molecule has 2 aromatic rings. The van der Waals surface area contributed by atoms with Crippen molar-refractivity contribution in [2.45, 2.75) is 18.4 Å². The summed E-state index contributed by atoms with van der Waals surface area (Å²) >= 11 is 1.58. The summed E-state index contributed by atoms with van der Waals surface area (Å²) in [6.45, 7) is 1.73. The number of benzene rings is 1. The second kappa shape index (κ2) is 6.56. The predicted octanol–water partition coefficient (Wildman–Crippen LogP) is 2.62. The zero-order chi connectivity index (χ0) is 16.5. The van der Waals surface area contributed by atoms with E-state index < -0.39 is 17.7 Å². The van der Waals surface area contributed by atoms with Gasteiger partial charge in [-0.15, -0.1) is 11.3 Å². The van der Waals surface area contributed by atoms with Gasteiger partial charge in [0.25, 0.3) is 0 Å². The summed E-state index contributed by atoms with van der Waals surface area (Å²) in [6.07, 6.45) is 1.86. The molecular weight excluding hydrogens is 334 g/mol. The summed E-state index contributed by atoms with van der Waals surface area (Å²) in [6, 6.07) is 3.78. The Morgan fingerprint density at radius 3 is 2.79 bits per heavy atom. The van der Waals surface area contributed by atoms with E-state index in [9.17, 15) is 8.78 Å². The number of thiazole rings is 1. The molecule has 1 aromatic heterocycles. The highest BCUT2D eigenvalue weighted by Crippen LogP contribution is 2.33. The van der Waals surface area contributed by atoms with Gasteiger partial charge in [0.2, 0.25) is 0 Å².